The molecule has 0 aliphatic carbocycles. The molecule has 0 fully saturated rings. The minimum atomic E-state index is -0.450. The molecular formula is C25H26N6O. The molecule has 7 heteroatoms. The Morgan fingerprint density at radius 2 is 1.94 bits per heavy atom. The van der Waals surface area contributed by atoms with Gasteiger partial charge in [-0.1, -0.05) is 42.5 Å². The van der Waals surface area contributed by atoms with E-state index in [0.717, 1.165) is 59.5 Å². The number of nitrogens with one attached hydrogen (secondary N) is 2. The Morgan fingerprint density at radius 1 is 1.09 bits per heavy atom. The number of carbonyl (C=O) groups excluding carboxylic acids is 1. The molecule has 0 saturated carbocycles. The highest BCUT2D eigenvalue weighted by Gasteiger charge is 2.22. The number of carbonyl (C=O) groups is 1. The van der Waals surface area contributed by atoms with Crippen LogP contribution in [0.15, 0.2) is 54.7 Å². The monoisotopic (exact) mass is 426 g/mol. The first-order chi connectivity index (χ1) is 15.6. The van der Waals surface area contributed by atoms with Gasteiger partial charge in [-0.3, -0.25) is 4.79 Å². The van der Waals surface area contributed by atoms with E-state index in [1.165, 1.54) is 5.56 Å². The van der Waals surface area contributed by atoms with Gasteiger partial charge < -0.3 is 20.9 Å². The number of hydrogen-bond acceptors (Lipinski definition) is 5. The fraction of sp³-hybridized carbons (Fsp3) is 0.240. The van der Waals surface area contributed by atoms with Crippen LogP contribution in [0.4, 0.5) is 11.6 Å². The molecule has 1 amide bonds. The summed E-state index contributed by atoms with van der Waals surface area (Å²) in [6.07, 6.45) is 4.97. The number of H-pyrrole nitrogens is 1. The third-order valence-corrected chi connectivity index (χ3v) is 6.05. The molecule has 4 aromatic rings. The minimum absolute atomic E-state index is 0.450. The lowest BCUT2D eigenvalue weighted by Gasteiger charge is -2.21. The van der Waals surface area contributed by atoms with E-state index in [-0.39, 0.29) is 0 Å². The average molecular weight is 427 g/mol. The van der Waals surface area contributed by atoms with Crippen LogP contribution in [0.2, 0.25) is 0 Å². The van der Waals surface area contributed by atoms with Crippen LogP contribution in [-0.4, -0.2) is 34.5 Å². The summed E-state index contributed by atoms with van der Waals surface area (Å²) >= 11 is 0. The predicted octanol–water partition coefficient (Wildman–Crippen LogP) is 4.11. The van der Waals surface area contributed by atoms with Crippen molar-refractivity contribution in [3.63, 3.8) is 0 Å². The molecule has 0 unspecified atom stereocenters. The number of benzene rings is 2. The molecule has 0 atom stereocenters. The third-order valence-electron chi connectivity index (χ3n) is 6.05. The van der Waals surface area contributed by atoms with Crippen molar-refractivity contribution < 1.29 is 4.79 Å². The van der Waals surface area contributed by atoms with E-state index in [2.05, 4.69) is 34.4 Å². The molecule has 7 nitrogen and oxygen atoms in total. The van der Waals surface area contributed by atoms with Gasteiger partial charge in [0.1, 0.15) is 11.6 Å². The highest BCUT2D eigenvalue weighted by atomic mass is 16.1. The van der Waals surface area contributed by atoms with E-state index in [1.54, 1.807) is 12.3 Å². The topological polar surface area (TPSA) is 99.9 Å². The van der Waals surface area contributed by atoms with Crippen LogP contribution < -0.4 is 16.0 Å². The van der Waals surface area contributed by atoms with Gasteiger partial charge in [-0.2, -0.15) is 0 Å². The first kappa shape index (κ1) is 20.1. The smallest absolute Gasteiger partial charge is 0.249 e. The molecule has 32 heavy (non-hydrogen) atoms. The van der Waals surface area contributed by atoms with Crippen LogP contribution in [0.5, 0.6) is 0 Å². The molecule has 0 saturated heterocycles. The Kier molecular flexibility index (Phi) is 5.23. The zero-order chi connectivity index (χ0) is 22.1. The van der Waals surface area contributed by atoms with Crippen LogP contribution in [0.25, 0.3) is 22.3 Å². The summed E-state index contributed by atoms with van der Waals surface area (Å²) in [7, 11) is 2.08. The largest absolute Gasteiger partial charge is 0.366 e. The van der Waals surface area contributed by atoms with Crippen molar-refractivity contribution in [3.05, 3.63) is 71.4 Å². The van der Waals surface area contributed by atoms with Gasteiger partial charge in [0.05, 0.1) is 5.69 Å². The molecular weight excluding hydrogens is 400 g/mol. The van der Waals surface area contributed by atoms with Crippen molar-refractivity contribution in [2.24, 2.45) is 5.73 Å². The molecule has 5 rings (SSSR count). The van der Waals surface area contributed by atoms with Crippen molar-refractivity contribution >= 4 is 28.3 Å². The number of rotatable bonds is 5. The summed E-state index contributed by atoms with van der Waals surface area (Å²) in [5.74, 6) is 1.96. The quantitative estimate of drug-likeness (QED) is 0.446. The highest BCUT2D eigenvalue weighted by Crippen LogP contribution is 2.34. The van der Waals surface area contributed by atoms with Crippen molar-refractivity contribution in [3.8, 4) is 11.5 Å². The second-order valence-corrected chi connectivity index (χ2v) is 8.21. The van der Waals surface area contributed by atoms with E-state index < -0.39 is 5.91 Å². The van der Waals surface area contributed by atoms with Gasteiger partial charge in [0.15, 0.2) is 5.82 Å². The lowest BCUT2D eigenvalue weighted by Crippen LogP contribution is -2.20. The zero-order valence-electron chi connectivity index (χ0n) is 18.1. The fourth-order valence-corrected chi connectivity index (χ4v) is 4.38. The molecule has 0 radical (unpaired) electrons. The third kappa shape index (κ3) is 3.66. The maximum absolute atomic E-state index is 11.9. The fourth-order valence-electron chi connectivity index (χ4n) is 4.38. The normalized spacial score (nSPS) is 13.6. The Balaban J connectivity index is 1.62. The van der Waals surface area contributed by atoms with E-state index in [9.17, 15) is 4.79 Å². The Morgan fingerprint density at radius 3 is 2.75 bits per heavy atom. The molecule has 2 aromatic carbocycles. The molecule has 0 bridgehead atoms. The second-order valence-electron chi connectivity index (χ2n) is 8.21. The first-order valence-corrected chi connectivity index (χ1v) is 10.9. The molecule has 1 aliphatic heterocycles. The maximum Gasteiger partial charge on any atom is 0.249 e. The first-order valence-electron chi connectivity index (χ1n) is 10.9. The molecule has 3 heterocycles. The molecule has 4 N–H and O–H groups in total. The number of anilines is 2. The predicted molar refractivity (Wildman–Crippen MR) is 128 cm³/mol. The van der Waals surface area contributed by atoms with Crippen molar-refractivity contribution in [1.29, 1.82) is 0 Å². The SMILES string of the molecule is CN1CCCCc2c(NCc3ccccc3)nc(-c3[nH]cc4c(C(N)=O)cccc34)nc21. The van der Waals surface area contributed by atoms with Gasteiger partial charge in [-0.15, -0.1) is 0 Å². The number of aromatic nitrogens is 3. The minimum Gasteiger partial charge on any atom is -0.366 e. The van der Waals surface area contributed by atoms with E-state index in [0.29, 0.717) is 17.9 Å². The summed E-state index contributed by atoms with van der Waals surface area (Å²) in [6, 6.07) is 15.8. The van der Waals surface area contributed by atoms with E-state index >= 15 is 0 Å². The molecule has 0 spiro atoms. The second kappa shape index (κ2) is 8.34. The molecule has 2 aromatic heterocycles. The lowest BCUT2D eigenvalue weighted by molar-refractivity contribution is 0.100. The number of aromatic amines is 1. The van der Waals surface area contributed by atoms with Crippen LogP contribution in [-0.2, 0) is 13.0 Å². The van der Waals surface area contributed by atoms with Gasteiger partial charge >= 0.3 is 0 Å². The summed E-state index contributed by atoms with van der Waals surface area (Å²) < 4.78 is 0. The Bertz CT molecular complexity index is 1280. The summed E-state index contributed by atoms with van der Waals surface area (Å²) in [6.45, 7) is 1.64. The lowest BCUT2D eigenvalue weighted by atomic mass is 10.1. The number of fused-ring (bicyclic) bond motifs is 2. The maximum atomic E-state index is 11.9. The van der Waals surface area contributed by atoms with Crippen LogP contribution in [0, 0.1) is 0 Å². The number of amides is 1. The van der Waals surface area contributed by atoms with Gasteiger partial charge in [0.2, 0.25) is 5.91 Å². The Hall–Kier alpha value is -3.87. The number of nitrogens with two attached hydrogens (primary N) is 1. The number of hydrogen-bond donors (Lipinski definition) is 3. The van der Waals surface area contributed by atoms with E-state index in [1.807, 2.05) is 30.3 Å². The Labute approximate surface area is 186 Å². The van der Waals surface area contributed by atoms with E-state index in [4.69, 9.17) is 15.7 Å². The highest BCUT2D eigenvalue weighted by molar-refractivity contribution is 6.09. The van der Waals surface area contributed by atoms with Gasteiger partial charge in [-0.05, 0) is 30.9 Å². The van der Waals surface area contributed by atoms with Gasteiger partial charge in [0, 0.05) is 48.2 Å². The number of nitrogens with zero attached hydrogens (tertiary/aromatic N) is 3. The van der Waals surface area contributed by atoms with Crippen LogP contribution in [0.1, 0.15) is 34.3 Å². The average Bonchev–Trinajstić information content (AvgIpc) is 3.16. The zero-order valence-corrected chi connectivity index (χ0v) is 18.1. The summed E-state index contributed by atoms with van der Waals surface area (Å²) in [5, 5.41) is 5.21. The van der Waals surface area contributed by atoms with Gasteiger partial charge in [-0.25, -0.2) is 9.97 Å². The summed E-state index contributed by atoms with van der Waals surface area (Å²) in [4.78, 5) is 27.3. The molecule has 1 aliphatic rings. The number of primary amides is 1. The van der Waals surface area contributed by atoms with Crippen molar-refractivity contribution in [2.45, 2.75) is 25.8 Å². The molecule has 162 valence electrons. The summed E-state index contributed by atoms with van der Waals surface area (Å²) in [5.41, 5.74) is 9.19. The standard InChI is InChI=1S/C25H26N6O/c1-31-13-6-5-10-19-23(28-14-16-8-3-2-4-9-16)29-24(30-25(19)31)21-17-11-7-12-18(22(26)32)20(17)15-27-21/h2-4,7-9,11-12,15,27H,5-6,10,13-14H2,1H3,(H2,26,32)(H,28,29,30). The van der Waals surface area contributed by atoms with Crippen LogP contribution >= 0.6 is 0 Å². The van der Waals surface area contributed by atoms with Crippen molar-refractivity contribution in [1.82, 2.24) is 15.0 Å². The van der Waals surface area contributed by atoms with Crippen LogP contribution in [0.3, 0.4) is 0 Å². The van der Waals surface area contributed by atoms with Crippen molar-refractivity contribution in [2.75, 3.05) is 23.8 Å². The van der Waals surface area contributed by atoms with Gasteiger partial charge in [0.25, 0.3) is 0 Å².